The van der Waals surface area contributed by atoms with Crippen LogP contribution in [0.25, 0.3) is 0 Å². The van der Waals surface area contributed by atoms with Crippen LogP contribution in [0.3, 0.4) is 0 Å². The highest BCUT2D eigenvalue weighted by atomic mass is 32.2. The van der Waals surface area contributed by atoms with Crippen molar-refractivity contribution < 1.29 is 13.0 Å². The first kappa shape index (κ1) is 9.22. The van der Waals surface area contributed by atoms with Crippen LogP contribution in [0, 0.1) is 13.8 Å². The van der Waals surface area contributed by atoms with E-state index in [-0.39, 0.29) is 4.90 Å². The molecule has 1 rings (SSSR count). The minimum atomic E-state index is -4.30. The fraction of sp³-hybridized carbons (Fsp3) is 0.250. The number of benzene rings is 1. The summed E-state index contributed by atoms with van der Waals surface area (Å²) >= 11 is 0. The molecule has 0 aromatic heterocycles. The molecular formula is C8H9O3S. The Morgan fingerprint density at radius 1 is 1.00 bits per heavy atom. The van der Waals surface area contributed by atoms with Gasteiger partial charge < -0.3 is 0 Å². The zero-order valence-electron chi connectivity index (χ0n) is 6.87. The summed E-state index contributed by atoms with van der Waals surface area (Å²) in [6.07, 6.45) is 0. The van der Waals surface area contributed by atoms with Gasteiger partial charge in [0, 0.05) is 0 Å². The van der Waals surface area contributed by atoms with Gasteiger partial charge in [-0.25, -0.2) is 0 Å². The van der Waals surface area contributed by atoms with Crippen molar-refractivity contribution in [3.8, 4) is 0 Å². The van der Waals surface area contributed by atoms with Gasteiger partial charge >= 0.3 is 10.1 Å². The van der Waals surface area contributed by atoms with Gasteiger partial charge in [-0.15, -0.1) is 0 Å². The molecule has 3 nitrogen and oxygen atoms in total. The molecule has 0 bridgehead atoms. The molecular weight excluding hydrogens is 176 g/mol. The number of aryl methyl sites for hydroxylation is 2. The summed E-state index contributed by atoms with van der Waals surface area (Å²) in [5.41, 5.74) is 1.56. The Labute approximate surface area is 71.8 Å². The minimum absolute atomic E-state index is 0.153. The quantitative estimate of drug-likeness (QED) is 0.664. The molecule has 0 amide bonds. The normalized spacial score (nSPS) is 11.6. The summed E-state index contributed by atoms with van der Waals surface area (Å²) in [6, 6.07) is 4.55. The van der Waals surface area contributed by atoms with E-state index in [1.54, 1.807) is 13.8 Å². The molecule has 0 saturated heterocycles. The zero-order chi connectivity index (χ0) is 9.35. The van der Waals surface area contributed by atoms with Gasteiger partial charge in [0.25, 0.3) is 0 Å². The number of hydrogen-bond acceptors (Lipinski definition) is 2. The molecule has 0 atom stereocenters. The summed E-state index contributed by atoms with van der Waals surface area (Å²) in [6.45, 7) is 3.50. The standard InChI is InChI=1S/C8H9O3S/c1-6-3-7(2)5-8(4-6)12(9,10)11/h3-5H,1-2H3. The van der Waals surface area contributed by atoms with Crippen LogP contribution in [0.15, 0.2) is 23.1 Å². The highest BCUT2D eigenvalue weighted by molar-refractivity contribution is 7.85. The Kier molecular flexibility index (Phi) is 2.21. The Balaban J connectivity index is 3.37. The molecule has 0 aliphatic rings. The topological polar surface area (TPSA) is 54.0 Å². The lowest BCUT2D eigenvalue weighted by Gasteiger charge is -1.99. The summed E-state index contributed by atoms with van der Waals surface area (Å²) in [4.78, 5) is -0.153. The molecule has 0 heterocycles. The van der Waals surface area contributed by atoms with Gasteiger partial charge in [-0.2, -0.15) is 8.42 Å². The van der Waals surface area contributed by atoms with Crippen molar-refractivity contribution in [2.24, 2.45) is 0 Å². The van der Waals surface area contributed by atoms with Crippen molar-refractivity contribution in [3.63, 3.8) is 0 Å². The van der Waals surface area contributed by atoms with Gasteiger partial charge in [-0.1, -0.05) is 10.6 Å². The summed E-state index contributed by atoms with van der Waals surface area (Å²) in [5.74, 6) is 0. The lowest BCUT2D eigenvalue weighted by atomic mass is 10.2. The first-order valence-corrected chi connectivity index (χ1v) is 4.84. The van der Waals surface area contributed by atoms with E-state index >= 15 is 0 Å². The van der Waals surface area contributed by atoms with Gasteiger partial charge in [0.15, 0.2) is 0 Å². The second-order valence-corrected chi connectivity index (χ2v) is 4.16. The molecule has 0 unspecified atom stereocenters. The van der Waals surface area contributed by atoms with Crippen LogP contribution in [-0.2, 0) is 14.7 Å². The molecule has 1 aromatic carbocycles. The van der Waals surface area contributed by atoms with Gasteiger partial charge in [0.2, 0.25) is 0 Å². The molecule has 65 valence electrons. The predicted octanol–water partition coefficient (Wildman–Crippen LogP) is 1.42. The Morgan fingerprint density at radius 3 is 1.75 bits per heavy atom. The third kappa shape index (κ3) is 2.06. The van der Waals surface area contributed by atoms with Crippen LogP contribution >= 0.6 is 0 Å². The van der Waals surface area contributed by atoms with E-state index in [9.17, 15) is 13.0 Å². The highest BCUT2D eigenvalue weighted by Gasteiger charge is 2.11. The second kappa shape index (κ2) is 2.88. The van der Waals surface area contributed by atoms with E-state index in [0.717, 1.165) is 11.1 Å². The lowest BCUT2D eigenvalue weighted by Crippen LogP contribution is -1.96. The van der Waals surface area contributed by atoms with Gasteiger partial charge in [0.05, 0.1) is 4.90 Å². The fourth-order valence-corrected chi connectivity index (χ4v) is 1.74. The van der Waals surface area contributed by atoms with Crippen molar-refractivity contribution in [1.29, 1.82) is 0 Å². The van der Waals surface area contributed by atoms with Crippen LogP contribution in [0.5, 0.6) is 0 Å². The Bertz CT molecular complexity index is 373. The largest absolute Gasteiger partial charge is 0.324 e. The summed E-state index contributed by atoms with van der Waals surface area (Å²) < 4.78 is 31.7. The molecule has 0 N–H and O–H groups in total. The smallest absolute Gasteiger partial charge is 0.192 e. The summed E-state index contributed by atoms with van der Waals surface area (Å²) in [5, 5.41) is 0. The molecule has 12 heavy (non-hydrogen) atoms. The third-order valence-corrected chi connectivity index (χ3v) is 2.30. The van der Waals surface area contributed by atoms with E-state index in [2.05, 4.69) is 0 Å². The molecule has 1 radical (unpaired) electrons. The van der Waals surface area contributed by atoms with E-state index in [1.165, 1.54) is 12.1 Å². The Hall–Kier alpha value is -0.870. The summed E-state index contributed by atoms with van der Waals surface area (Å²) in [7, 11) is -4.30. The van der Waals surface area contributed by atoms with Crippen LogP contribution in [0.2, 0.25) is 0 Å². The molecule has 0 spiro atoms. The van der Waals surface area contributed by atoms with Crippen molar-refractivity contribution in [1.82, 2.24) is 0 Å². The maximum absolute atomic E-state index is 10.6. The average Bonchev–Trinajstić information content (AvgIpc) is 1.82. The maximum Gasteiger partial charge on any atom is 0.324 e. The zero-order valence-corrected chi connectivity index (χ0v) is 7.68. The number of rotatable bonds is 1. The van der Waals surface area contributed by atoms with Crippen molar-refractivity contribution >= 4 is 10.1 Å². The van der Waals surface area contributed by atoms with E-state index < -0.39 is 10.1 Å². The third-order valence-electron chi connectivity index (χ3n) is 1.48. The molecule has 1 aromatic rings. The average molecular weight is 185 g/mol. The lowest BCUT2D eigenvalue weighted by molar-refractivity contribution is 0.414. The van der Waals surface area contributed by atoms with Gasteiger partial charge in [-0.05, 0) is 37.1 Å². The van der Waals surface area contributed by atoms with E-state index in [1.807, 2.05) is 6.07 Å². The van der Waals surface area contributed by atoms with Crippen LogP contribution in [0.4, 0.5) is 0 Å². The Morgan fingerprint density at radius 2 is 1.42 bits per heavy atom. The predicted molar refractivity (Wildman–Crippen MR) is 43.8 cm³/mol. The van der Waals surface area contributed by atoms with Gasteiger partial charge in [-0.3, -0.25) is 0 Å². The second-order valence-electron chi connectivity index (χ2n) is 2.78. The van der Waals surface area contributed by atoms with Crippen LogP contribution in [-0.4, -0.2) is 8.42 Å². The molecule has 0 aliphatic carbocycles. The first-order chi connectivity index (χ1) is 5.39. The first-order valence-electron chi connectivity index (χ1n) is 3.44. The van der Waals surface area contributed by atoms with Gasteiger partial charge in [0.1, 0.15) is 0 Å². The van der Waals surface area contributed by atoms with Crippen LogP contribution < -0.4 is 0 Å². The number of hydrogen-bond donors (Lipinski definition) is 0. The SMILES string of the molecule is Cc1cc(C)cc(S([O])(=O)=O)c1. The molecule has 0 saturated carbocycles. The van der Waals surface area contributed by atoms with Crippen molar-refractivity contribution in [3.05, 3.63) is 29.3 Å². The van der Waals surface area contributed by atoms with Crippen LogP contribution in [0.1, 0.15) is 11.1 Å². The molecule has 0 aliphatic heterocycles. The minimum Gasteiger partial charge on any atom is -0.192 e. The monoisotopic (exact) mass is 185 g/mol. The fourth-order valence-electron chi connectivity index (χ4n) is 1.08. The van der Waals surface area contributed by atoms with Crippen molar-refractivity contribution in [2.45, 2.75) is 18.7 Å². The molecule has 4 heteroatoms. The maximum atomic E-state index is 10.6. The van der Waals surface area contributed by atoms with Crippen molar-refractivity contribution in [2.75, 3.05) is 0 Å². The van der Waals surface area contributed by atoms with E-state index in [0.29, 0.717) is 0 Å². The molecule has 0 fully saturated rings. The highest BCUT2D eigenvalue weighted by Crippen LogP contribution is 2.13. The van der Waals surface area contributed by atoms with E-state index in [4.69, 9.17) is 0 Å².